The zero-order valence-corrected chi connectivity index (χ0v) is 27.9. The predicted octanol–water partition coefficient (Wildman–Crippen LogP) is 3.75. The minimum absolute atomic E-state index is 0.0744. The molecule has 0 aromatic heterocycles. The van der Waals surface area contributed by atoms with E-state index in [-0.39, 0.29) is 18.3 Å². The summed E-state index contributed by atoms with van der Waals surface area (Å²) in [5.41, 5.74) is 7.43. The van der Waals surface area contributed by atoms with Crippen LogP contribution in [0.25, 0.3) is 0 Å². The van der Waals surface area contributed by atoms with Crippen molar-refractivity contribution < 1.29 is 42.6 Å². The second kappa shape index (κ2) is 15.2. The van der Waals surface area contributed by atoms with Gasteiger partial charge in [0.15, 0.2) is 34.5 Å². The van der Waals surface area contributed by atoms with Gasteiger partial charge in [-0.25, -0.2) is 0 Å². The Bertz CT molecular complexity index is 1400. The molecule has 3 aromatic carbocycles. The minimum atomic E-state index is 0.0744. The fourth-order valence-corrected chi connectivity index (χ4v) is 7.04. The van der Waals surface area contributed by atoms with Gasteiger partial charge in [-0.15, -0.1) is 0 Å². The number of likely N-dealkylation sites (N-methyl/N-ethyl adjacent to an activating group) is 3. The highest BCUT2D eigenvalue weighted by atomic mass is 16.7. The molecule has 0 radical (unpaired) electrons. The van der Waals surface area contributed by atoms with Gasteiger partial charge in [-0.05, 0) is 75.3 Å². The molecular formula is C36H45N3O9. The summed E-state index contributed by atoms with van der Waals surface area (Å²) in [6.45, 7) is 5.68. The van der Waals surface area contributed by atoms with Crippen molar-refractivity contribution in [2.75, 3.05) is 81.0 Å². The van der Waals surface area contributed by atoms with Gasteiger partial charge in [0.2, 0.25) is 20.4 Å². The molecule has 6 aliphatic heterocycles. The van der Waals surface area contributed by atoms with Crippen molar-refractivity contribution in [1.82, 2.24) is 16.0 Å². The Hall–Kier alpha value is -3.78. The maximum atomic E-state index is 5.77. The van der Waals surface area contributed by atoms with Crippen LogP contribution in [0.5, 0.6) is 34.5 Å². The zero-order valence-electron chi connectivity index (χ0n) is 27.9. The lowest BCUT2D eigenvalue weighted by Gasteiger charge is -2.26. The fourth-order valence-electron chi connectivity index (χ4n) is 7.04. The summed E-state index contributed by atoms with van der Waals surface area (Å²) in [6, 6.07) is 12.3. The molecule has 0 aliphatic carbocycles. The number of ether oxygens (including phenoxy) is 9. The highest BCUT2D eigenvalue weighted by Gasteiger charge is 2.32. The summed E-state index contributed by atoms with van der Waals surface area (Å²) >= 11 is 0. The molecule has 6 aliphatic rings. The van der Waals surface area contributed by atoms with Crippen LogP contribution < -0.4 is 44.4 Å². The number of hydrogen-bond donors (Lipinski definition) is 3. The molecule has 0 saturated heterocycles. The molecule has 0 spiro atoms. The average Bonchev–Trinajstić information content (AvgIpc) is 3.91. The lowest BCUT2D eigenvalue weighted by Crippen LogP contribution is -2.25. The summed E-state index contributed by atoms with van der Waals surface area (Å²) in [4.78, 5) is 0. The van der Waals surface area contributed by atoms with E-state index in [0.717, 1.165) is 110 Å². The van der Waals surface area contributed by atoms with Crippen molar-refractivity contribution >= 4 is 0 Å². The van der Waals surface area contributed by atoms with E-state index in [9.17, 15) is 0 Å². The Balaban J connectivity index is 0.000000114. The van der Waals surface area contributed by atoms with E-state index < -0.39 is 0 Å². The van der Waals surface area contributed by atoms with Crippen molar-refractivity contribution in [1.29, 1.82) is 0 Å². The smallest absolute Gasteiger partial charge is 0.231 e. The standard InChI is InChI=1S/3C12H15NO3/c3*1-13-6-10-11-8(4-5-14-10)2-3-9-12(11)16-7-15-9/h3*2-3,10,13H,4-7H2,1H3/t2*10-;/m10./s1. The number of hydrogen-bond acceptors (Lipinski definition) is 12. The highest BCUT2D eigenvalue weighted by molar-refractivity contribution is 5.56. The van der Waals surface area contributed by atoms with Gasteiger partial charge in [0.1, 0.15) is 0 Å². The topological polar surface area (TPSA) is 119 Å². The molecule has 0 saturated carbocycles. The third kappa shape index (κ3) is 6.60. The molecule has 48 heavy (non-hydrogen) atoms. The van der Waals surface area contributed by atoms with Crippen molar-refractivity contribution in [3.63, 3.8) is 0 Å². The molecule has 3 N–H and O–H groups in total. The van der Waals surface area contributed by atoms with E-state index in [4.69, 9.17) is 42.6 Å². The van der Waals surface area contributed by atoms with Crippen molar-refractivity contribution in [2.24, 2.45) is 0 Å². The van der Waals surface area contributed by atoms with E-state index in [1.165, 1.54) is 16.7 Å². The summed E-state index contributed by atoms with van der Waals surface area (Å²) < 4.78 is 50.1. The first kappa shape index (κ1) is 32.8. The van der Waals surface area contributed by atoms with Crippen molar-refractivity contribution in [3.05, 3.63) is 69.8 Å². The maximum Gasteiger partial charge on any atom is 0.231 e. The normalized spacial score (nSPS) is 21.9. The van der Waals surface area contributed by atoms with Crippen LogP contribution in [0.15, 0.2) is 36.4 Å². The molecular weight excluding hydrogens is 618 g/mol. The number of rotatable bonds is 6. The molecule has 12 nitrogen and oxygen atoms in total. The van der Waals surface area contributed by atoms with E-state index in [1.54, 1.807) is 0 Å². The number of benzene rings is 3. The quantitative estimate of drug-likeness (QED) is 0.357. The van der Waals surface area contributed by atoms with Crippen LogP contribution in [-0.4, -0.2) is 81.0 Å². The van der Waals surface area contributed by atoms with E-state index in [1.807, 2.05) is 39.3 Å². The Morgan fingerprint density at radius 2 is 0.771 bits per heavy atom. The molecule has 1 unspecified atom stereocenters. The van der Waals surface area contributed by atoms with Gasteiger partial charge in [0, 0.05) is 36.3 Å². The van der Waals surface area contributed by atoms with Gasteiger partial charge in [-0.1, -0.05) is 18.2 Å². The van der Waals surface area contributed by atoms with Crippen molar-refractivity contribution in [3.8, 4) is 34.5 Å². The second-order valence-corrected chi connectivity index (χ2v) is 12.1. The predicted molar refractivity (Wildman–Crippen MR) is 177 cm³/mol. The van der Waals surface area contributed by atoms with E-state index in [0.29, 0.717) is 20.4 Å². The van der Waals surface area contributed by atoms with Crippen LogP contribution in [-0.2, 0) is 33.5 Å². The molecule has 0 amide bonds. The molecule has 3 atom stereocenters. The van der Waals surface area contributed by atoms with Gasteiger partial charge >= 0.3 is 0 Å². The molecule has 0 fully saturated rings. The molecule has 3 aromatic rings. The van der Waals surface area contributed by atoms with Gasteiger partial charge in [-0.2, -0.15) is 0 Å². The van der Waals surface area contributed by atoms with Crippen LogP contribution in [0.2, 0.25) is 0 Å². The number of nitrogens with one attached hydrogen (secondary N) is 3. The zero-order chi connectivity index (χ0) is 32.9. The Morgan fingerprint density at radius 1 is 0.458 bits per heavy atom. The first-order chi connectivity index (χ1) is 23.7. The Labute approximate surface area is 281 Å². The maximum absolute atomic E-state index is 5.77. The number of fused-ring (bicyclic) bond motifs is 9. The lowest BCUT2D eigenvalue weighted by molar-refractivity contribution is 0.0413. The molecule has 0 bridgehead atoms. The lowest BCUT2D eigenvalue weighted by atomic mass is 9.96. The van der Waals surface area contributed by atoms with E-state index in [2.05, 4.69) is 34.1 Å². The Kier molecular flexibility index (Phi) is 10.4. The van der Waals surface area contributed by atoms with Crippen LogP contribution in [0.1, 0.15) is 51.7 Å². The summed E-state index contributed by atoms with van der Waals surface area (Å²) in [7, 11) is 5.79. The molecule has 6 heterocycles. The van der Waals surface area contributed by atoms with Gasteiger partial charge in [0.25, 0.3) is 0 Å². The highest BCUT2D eigenvalue weighted by Crippen LogP contribution is 2.45. The Morgan fingerprint density at radius 3 is 1.06 bits per heavy atom. The molecule has 258 valence electrons. The minimum Gasteiger partial charge on any atom is -0.454 e. The largest absolute Gasteiger partial charge is 0.454 e. The summed E-state index contributed by atoms with van der Waals surface area (Å²) in [5.74, 6) is 5.13. The SMILES string of the molecule is CNCC1OCCc2ccc3c(c21)OCO3.CNC[C@@H]1OCCc2ccc3c(c21)OCO3.CNC[C@H]1OCCc2ccc3c(c21)OCO3. The molecule has 12 heteroatoms. The first-order valence-corrected chi connectivity index (χ1v) is 16.7. The fraction of sp³-hybridized carbons (Fsp3) is 0.500. The molecule has 9 rings (SSSR count). The van der Waals surface area contributed by atoms with Crippen molar-refractivity contribution in [2.45, 2.75) is 37.6 Å². The van der Waals surface area contributed by atoms with Gasteiger partial charge in [-0.3, -0.25) is 0 Å². The van der Waals surface area contributed by atoms with E-state index >= 15 is 0 Å². The van der Waals surface area contributed by atoms with Crippen LogP contribution in [0, 0.1) is 0 Å². The van der Waals surface area contributed by atoms with Crippen LogP contribution in [0.3, 0.4) is 0 Å². The second-order valence-electron chi connectivity index (χ2n) is 12.1. The van der Waals surface area contributed by atoms with Gasteiger partial charge in [0.05, 0.1) is 38.1 Å². The third-order valence-electron chi connectivity index (χ3n) is 9.21. The van der Waals surface area contributed by atoms with Crippen LogP contribution in [0.4, 0.5) is 0 Å². The van der Waals surface area contributed by atoms with Crippen LogP contribution >= 0.6 is 0 Å². The monoisotopic (exact) mass is 663 g/mol. The summed E-state index contributed by atoms with van der Waals surface area (Å²) in [6.07, 6.45) is 3.08. The van der Waals surface area contributed by atoms with Gasteiger partial charge < -0.3 is 58.6 Å². The average molecular weight is 664 g/mol. The first-order valence-electron chi connectivity index (χ1n) is 16.7. The summed E-state index contributed by atoms with van der Waals surface area (Å²) in [5, 5.41) is 9.44. The third-order valence-corrected chi connectivity index (χ3v) is 9.21.